The third-order valence-corrected chi connectivity index (χ3v) is 2.96. The Hall–Kier alpha value is -0.680. The molecule has 0 bridgehead atoms. The Labute approximate surface area is 87.8 Å². The molecule has 0 unspecified atom stereocenters. The molecule has 0 radical (unpaired) electrons. The van der Waals surface area contributed by atoms with E-state index in [1.54, 1.807) is 11.3 Å². The zero-order valence-corrected chi connectivity index (χ0v) is 9.63. The molecule has 1 aromatic heterocycles. The maximum Gasteiger partial charge on any atom is 0.168 e. The Balaban J connectivity index is 2.54. The molecule has 3 nitrogen and oxygen atoms in total. The lowest BCUT2D eigenvalue weighted by Gasteiger charge is -2.17. The van der Waals surface area contributed by atoms with Crippen molar-refractivity contribution in [2.45, 2.75) is 13.5 Å². The van der Waals surface area contributed by atoms with Crippen molar-refractivity contribution in [1.29, 1.82) is 0 Å². The van der Waals surface area contributed by atoms with Gasteiger partial charge in [0.25, 0.3) is 0 Å². The van der Waals surface area contributed by atoms with Crippen LogP contribution in [0.15, 0.2) is 5.38 Å². The standard InChI is InChI=1S/C8H13N3S2/c1-6-10-7(5-13-6)4-11(3)8(12)9-2/h5H,4H2,1-3H3,(H,9,12). The van der Waals surface area contributed by atoms with Gasteiger partial charge in [0.15, 0.2) is 5.11 Å². The summed E-state index contributed by atoms with van der Waals surface area (Å²) < 4.78 is 0. The molecule has 1 aromatic rings. The molecular formula is C8H13N3S2. The number of nitrogens with one attached hydrogen (secondary N) is 1. The lowest BCUT2D eigenvalue weighted by Crippen LogP contribution is -2.34. The minimum atomic E-state index is 0.741. The number of hydrogen-bond acceptors (Lipinski definition) is 3. The highest BCUT2D eigenvalue weighted by molar-refractivity contribution is 7.80. The van der Waals surface area contributed by atoms with Crippen LogP contribution in [0.25, 0.3) is 0 Å². The fourth-order valence-corrected chi connectivity index (χ4v) is 1.65. The average molecular weight is 215 g/mol. The number of aromatic nitrogens is 1. The maximum absolute atomic E-state index is 5.07. The van der Waals surface area contributed by atoms with Gasteiger partial charge >= 0.3 is 0 Å². The van der Waals surface area contributed by atoms with E-state index >= 15 is 0 Å². The van der Waals surface area contributed by atoms with Crippen LogP contribution in [-0.2, 0) is 6.54 Å². The van der Waals surface area contributed by atoms with E-state index in [2.05, 4.69) is 15.7 Å². The fraction of sp³-hybridized carbons (Fsp3) is 0.500. The predicted octanol–water partition coefficient (Wildman–Crippen LogP) is 1.39. The van der Waals surface area contributed by atoms with Crippen LogP contribution in [-0.4, -0.2) is 29.1 Å². The molecule has 0 atom stereocenters. The lowest BCUT2D eigenvalue weighted by atomic mass is 10.4. The molecule has 0 saturated carbocycles. The highest BCUT2D eigenvalue weighted by Gasteiger charge is 2.04. The van der Waals surface area contributed by atoms with Gasteiger partial charge in [0.05, 0.1) is 17.2 Å². The van der Waals surface area contributed by atoms with Crippen molar-refractivity contribution in [3.63, 3.8) is 0 Å². The summed E-state index contributed by atoms with van der Waals surface area (Å²) >= 11 is 6.74. The summed E-state index contributed by atoms with van der Waals surface area (Å²) in [5.41, 5.74) is 1.07. The van der Waals surface area contributed by atoms with Gasteiger partial charge in [-0.2, -0.15) is 0 Å². The molecule has 0 saturated heterocycles. The van der Waals surface area contributed by atoms with Crippen LogP contribution in [0, 0.1) is 6.92 Å². The first kappa shape index (κ1) is 10.4. The Bertz CT molecular complexity index is 295. The van der Waals surface area contributed by atoms with Crippen LogP contribution >= 0.6 is 23.6 Å². The van der Waals surface area contributed by atoms with Crippen molar-refractivity contribution >= 4 is 28.7 Å². The van der Waals surface area contributed by atoms with Crippen LogP contribution in [0.1, 0.15) is 10.7 Å². The number of thiazole rings is 1. The molecule has 1 N–H and O–H groups in total. The third kappa shape index (κ3) is 2.93. The zero-order valence-electron chi connectivity index (χ0n) is 8.00. The second kappa shape index (κ2) is 4.53. The average Bonchev–Trinajstić information content (AvgIpc) is 2.49. The van der Waals surface area contributed by atoms with E-state index in [0.29, 0.717) is 0 Å². The summed E-state index contributed by atoms with van der Waals surface area (Å²) in [4.78, 5) is 6.32. The van der Waals surface area contributed by atoms with Crippen LogP contribution in [0.3, 0.4) is 0 Å². The Morgan fingerprint density at radius 3 is 2.92 bits per heavy atom. The molecule has 72 valence electrons. The first-order valence-electron chi connectivity index (χ1n) is 3.97. The molecule has 1 rings (SSSR count). The third-order valence-electron chi connectivity index (χ3n) is 1.63. The fourth-order valence-electron chi connectivity index (χ4n) is 0.987. The quantitative estimate of drug-likeness (QED) is 0.755. The van der Waals surface area contributed by atoms with Gasteiger partial charge < -0.3 is 10.2 Å². The van der Waals surface area contributed by atoms with Crippen molar-refractivity contribution in [2.75, 3.05) is 14.1 Å². The van der Waals surface area contributed by atoms with E-state index in [0.717, 1.165) is 22.4 Å². The van der Waals surface area contributed by atoms with Crippen molar-refractivity contribution in [3.05, 3.63) is 16.1 Å². The summed E-state index contributed by atoms with van der Waals surface area (Å²) in [7, 11) is 3.78. The number of rotatable bonds is 2. The minimum absolute atomic E-state index is 0.741. The second-order valence-electron chi connectivity index (χ2n) is 2.77. The summed E-state index contributed by atoms with van der Waals surface area (Å²) in [6.07, 6.45) is 0. The lowest BCUT2D eigenvalue weighted by molar-refractivity contribution is 0.488. The van der Waals surface area contributed by atoms with Crippen LogP contribution < -0.4 is 5.32 Å². The number of aryl methyl sites for hydroxylation is 1. The van der Waals surface area contributed by atoms with Crippen LogP contribution in [0.4, 0.5) is 0 Å². The smallest absolute Gasteiger partial charge is 0.168 e. The monoisotopic (exact) mass is 215 g/mol. The van der Waals surface area contributed by atoms with Gasteiger partial charge in [-0.3, -0.25) is 0 Å². The van der Waals surface area contributed by atoms with Crippen LogP contribution in [0.5, 0.6) is 0 Å². The molecule has 13 heavy (non-hydrogen) atoms. The number of thiocarbonyl (C=S) groups is 1. The van der Waals surface area contributed by atoms with Gasteiger partial charge in [0, 0.05) is 19.5 Å². The first-order valence-corrected chi connectivity index (χ1v) is 5.26. The van der Waals surface area contributed by atoms with Crippen molar-refractivity contribution in [2.24, 2.45) is 0 Å². The zero-order chi connectivity index (χ0) is 9.84. The highest BCUT2D eigenvalue weighted by atomic mass is 32.1. The largest absolute Gasteiger partial charge is 0.366 e. The Morgan fingerprint density at radius 1 is 1.77 bits per heavy atom. The van der Waals surface area contributed by atoms with E-state index in [9.17, 15) is 0 Å². The summed E-state index contributed by atoms with van der Waals surface area (Å²) in [5, 5.41) is 6.82. The molecular weight excluding hydrogens is 202 g/mol. The number of nitrogens with zero attached hydrogens (tertiary/aromatic N) is 2. The molecule has 0 amide bonds. The Kier molecular flexibility index (Phi) is 3.62. The molecule has 0 aliphatic carbocycles. The summed E-state index contributed by atoms with van der Waals surface area (Å²) in [6, 6.07) is 0. The molecule has 0 fully saturated rings. The topological polar surface area (TPSA) is 28.2 Å². The van der Waals surface area contributed by atoms with E-state index < -0.39 is 0 Å². The maximum atomic E-state index is 5.07. The molecule has 0 aliphatic rings. The number of hydrogen-bond donors (Lipinski definition) is 1. The van der Waals surface area contributed by atoms with Gasteiger partial charge in [0.2, 0.25) is 0 Å². The molecule has 5 heteroatoms. The van der Waals surface area contributed by atoms with Gasteiger partial charge in [-0.05, 0) is 19.1 Å². The van der Waals surface area contributed by atoms with Crippen molar-refractivity contribution < 1.29 is 0 Å². The molecule has 0 aromatic carbocycles. The normalized spacial score (nSPS) is 9.77. The highest BCUT2D eigenvalue weighted by Crippen LogP contribution is 2.09. The van der Waals surface area contributed by atoms with Gasteiger partial charge in [-0.1, -0.05) is 0 Å². The SMILES string of the molecule is CNC(=S)N(C)Cc1csc(C)n1. The summed E-state index contributed by atoms with van der Waals surface area (Å²) in [6.45, 7) is 2.77. The van der Waals surface area contributed by atoms with Crippen molar-refractivity contribution in [3.8, 4) is 0 Å². The van der Waals surface area contributed by atoms with Crippen LogP contribution in [0.2, 0.25) is 0 Å². The second-order valence-corrected chi connectivity index (χ2v) is 4.22. The van der Waals surface area contributed by atoms with E-state index in [1.165, 1.54) is 0 Å². The van der Waals surface area contributed by atoms with E-state index in [1.807, 2.05) is 25.9 Å². The van der Waals surface area contributed by atoms with E-state index in [-0.39, 0.29) is 0 Å². The minimum Gasteiger partial charge on any atom is -0.366 e. The van der Waals surface area contributed by atoms with Crippen molar-refractivity contribution in [1.82, 2.24) is 15.2 Å². The molecule has 0 aliphatic heterocycles. The predicted molar refractivity (Wildman–Crippen MR) is 60.0 cm³/mol. The summed E-state index contributed by atoms with van der Waals surface area (Å²) in [5.74, 6) is 0. The van der Waals surface area contributed by atoms with Gasteiger partial charge in [0.1, 0.15) is 0 Å². The van der Waals surface area contributed by atoms with Gasteiger partial charge in [-0.25, -0.2) is 4.98 Å². The Morgan fingerprint density at radius 2 is 2.46 bits per heavy atom. The first-order chi connectivity index (χ1) is 6.13. The molecule has 0 spiro atoms. The van der Waals surface area contributed by atoms with E-state index in [4.69, 9.17) is 12.2 Å². The van der Waals surface area contributed by atoms with Gasteiger partial charge in [-0.15, -0.1) is 11.3 Å². The molecule has 1 heterocycles.